The second-order valence-electron chi connectivity index (χ2n) is 6.57. The minimum atomic E-state index is -4.47. The van der Waals surface area contributed by atoms with Gasteiger partial charge in [0.15, 0.2) is 9.84 Å². The Kier molecular flexibility index (Phi) is 4.95. The van der Waals surface area contributed by atoms with Crippen LogP contribution in [0.5, 0.6) is 0 Å². The molecule has 2 aromatic rings. The lowest BCUT2D eigenvalue weighted by atomic mass is 9.94. The fraction of sp³-hybridized carbons (Fsp3) is 0.200. The fourth-order valence-corrected chi connectivity index (χ4v) is 4.11. The molecule has 0 bridgehead atoms. The molecule has 0 saturated heterocycles. The molecule has 1 aliphatic carbocycles. The van der Waals surface area contributed by atoms with Crippen LogP contribution in [0.4, 0.5) is 22.0 Å². The molecule has 0 fully saturated rings. The molecule has 0 radical (unpaired) electrons. The fourth-order valence-electron chi connectivity index (χ4n) is 3.29. The smallest absolute Gasteiger partial charge is 0.224 e. The molecule has 0 unspecified atom stereocenters. The van der Waals surface area contributed by atoms with E-state index in [1.165, 1.54) is 19.1 Å². The predicted molar refractivity (Wildman–Crippen MR) is 96.2 cm³/mol. The van der Waals surface area contributed by atoms with Crippen LogP contribution in [0.1, 0.15) is 28.7 Å². The van der Waals surface area contributed by atoms with Gasteiger partial charge in [-0.1, -0.05) is 24.3 Å². The van der Waals surface area contributed by atoms with Crippen LogP contribution in [0.25, 0.3) is 11.1 Å². The number of allylic oxidation sites excluding steroid dienone is 4. The van der Waals surface area contributed by atoms with Crippen LogP contribution in [-0.4, -0.2) is 14.7 Å². The van der Waals surface area contributed by atoms with Crippen LogP contribution in [0.2, 0.25) is 0 Å². The van der Waals surface area contributed by atoms with Gasteiger partial charge in [-0.15, -0.1) is 0 Å². The summed E-state index contributed by atoms with van der Waals surface area (Å²) in [7, 11) is -4.08. The van der Waals surface area contributed by atoms with Crippen LogP contribution >= 0.6 is 0 Å². The number of rotatable bonds is 3. The molecule has 0 heterocycles. The number of hydrogen-bond acceptors (Lipinski definition) is 2. The topological polar surface area (TPSA) is 34.1 Å². The molecule has 0 amide bonds. The van der Waals surface area contributed by atoms with E-state index in [-0.39, 0.29) is 11.1 Å². The monoisotopic (exact) mass is 414 g/mol. The molecule has 28 heavy (non-hydrogen) atoms. The summed E-state index contributed by atoms with van der Waals surface area (Å²) in [6.45, 7) is 1.34. The molecule has 1 aliphatic rings. The molecule has 8 heteroatoms. The molecule has 2 nitrogen and oxygen atoms in total. The average Bonchev–Trinajstić information content (AvgIpc) is 3.00. The first kappa shape index (κ1) is 20.3. The molecular weight excluding hydrogens is 399 g/mol. The molecule has 0 atom stereocenters. The highest BCUT2D eigenvalue weighted by Crippen LogP contribution is 2.39. The lowest BCUT2D eigenvalue weighted by molar-refractivity contribution is -0.138. The van der Waals surface area contributed by atoms with Gasteiger partial charge in [-0.25, -0.2) is 17.2 Å². The van der Waals surface area contributed by atoms with Gasteiger partial charge in [0, 0.05) is 6.26 Å². The summed E-state index contributed by atoms with van der Waals surface area (Å²) in [5, 5.41) is 0. The Bertz CT molecular complexity index is 1100. The Morgan fingerprint density at radius 2 is 1.57 bits per heavy atom. The van der Waals surface area contributed by atoms with Gasteiger partial charge in [-0.3, -0.25) is 0 Å². The van der Waals surface area contributed by atoms with Crippen LogP contribution in [0.15, 0.2) is 47.4 Å². The van der Waals surface area contributed by atoms with E-state index < -0.39 is 38.1 Å². The first-order valence-corrected chi connectivity index (χ1v) is 10.1. The molecule has 2 aromatic carbocycles. The SMILES string of the molecule is Cc1cc(C2=C(c3cc(F)c(S(C)(=O)=O)c(F)c3)CC=C2)ccc1C(F)(F)F. The van der Waals surface area contributed by atoms with Crippen molar-refractivity contribution in [2.45, 2.75) is 24.4 Å². The maximum atomic E-state index is 14.3. The first-order chi connectivity index (χ1) is 12.9. The molecule has 0 N–H and O–H groups in total. The van der Waals surface area contributed by atoms with E-state index in [2.05, 4.69) is 0 Å². The Labute approximate surface area is 158 Å². The Morgan fingerprint density at radius 3 is 2.07 bits per heavy atom. The van der Waals surface area contributed by atoms with Crippen molar-refractivity contribution in [1.29, 1.82) is 0 Å². The summed E-state index contributed by atoms with van der Waals surface area (Å²) in [4.78, 5) is -1.00. The number of benzene rings is 2. The van der Waals surface area contributed by atoms with Gasteiger partial charge >= 0.3 is 6.18 Å². The summed E-state index contributed by atoms with van der Waals surface area (Å²) >= 11 is 0. The third-order valence-electron chi connectivity index (χ3n) is 4.49. The lowest BCUT2D eigenvalue weighted by Gasteiger charge is -2.14. The van der Waals surface area contributed by atoms with Crippen molar-refractivity contribution >= 4 is 21.0 Å². The first-order valence-electron chi connectivity index (χ1n) is 8.17. The van der Waals surface area contributed by atoms with Gasteiger partial charge in [0.05, 0.1) is 5.56 Å². The van der Waals surface area contributed by atoms with E-state index in [4.69, 9.17) is 0 Å². The average molecular weight is 414 g/mol. The van der Waals surface area contributed by atoms with E-state index in [0.717, 1.165) is 18.2 Å². The Balaban J connectivity index is 2.13. The van der Waals surface area contributed by atoms with Gasteiger partial charge in [0.1, 0.15) is 16.5 Å². The van der Waals surface area contributed by atoms with Crippen LogP contribution < -0.4 is 0 Å². The molecule has 0 aromatic heterocycles. The van der Waals surface area contributed by atoms with Gasteiger partial charge in [0.2, 0.25) is 0 Å². The maximum absolute atomic E-state index is 14.3. The summed E-state index contributed by atoms with van der Waals surface area (Å²) in [6.07, 6.45) is -0.0673. The molecule has 148 valence electrons. The van der Waals surface area contributed by atoms with Crippen molar-refractivity contribution in [3.8, 4) is 0 Å². The highest BCUT2D eigenvalue weighted by molar-refractivity contribution is 7.90. The zero-order valence-corrected chi connectivity index (χ0v) is 15.7. The summed E-state index contributed by atoms with van der Waals surface area (Å²) < 4.78 is 90.5. The van der Waals surface area contributed by atoms with E-state index in [1.54, 1.807) is 12.2 Å². The summed E-state index contributed by atoms with van der Waals surface area (Å²) in [5.74, 6) is -2.42. The number of alkyl halides is 3. The van der Waals surface area contributed by atoms with Crippen molar-refractivity contribution in [2.75, 3.05) is 6.26 Å². The molecule has 3 rings (SSSR count). The minimum Gasteiger partial charge on any atom is -0.224 e. The molecule has 0 saturated carbocycles. The van der Waals surface area contributed by atoms with Gasteiger partial charge in [0.25, 0.3) is 0 Å². The van der Waals surface area contributed by atoms with E-state index in [9.17, 15) is 30.4 Å². The van der Waals surface area contributed by atoms with Crippen LogP contribution in [-0.2, 0) is 16.0 Å². The van der Waals surface area contributed by atoms with Crippen LogP contribution in [0.3, 0.4) is 0 Å². The normalized spacial score (nSPS) is 14.8. The van der Waals surface area contributed by atoms with Gasteiger partial charge in [-0.2, -0.15) is 13.2 Å². The predicted octanol–water partition coefficient (Wildman–Crippen LogP) is 5.57. The Hall–Kier alpha value is -2.48. The van der Waals surface area contributed by atoms with Crippen molar-refractivity contribution < 1.29 is 30.4 Å². The largest absolute Gasteiger partial charge is 0.416 e. The second kappa shape index (κ2) is 6.84. The van der Waals surface area contributed by atoms with Crippen molar-refractivity contribution in [3.05, 3.63) is 76.4 Å². The third-order valence-corrected chi connectivity index (χ3v) is 5.62. The quantitative estimate of drug-likeness (QED) is 0.616. The van der Waals surface area contributed by atoms with Crippen molar-refractivity contribution in [1.82, 2.24) is 0 Å². The lowest BCUT2D eigenvalue weighted by Crippen LogP contribution is -2.07. The van der Waals surface area contributed by atoms with E-state index in [0.29, 0.717) is 29.4 Å². The third kappa shape index (κ3) is 3.73. The standard InChI is InChI=1S/C20H15F5O2S/c1-11-8-12(6-7-16(11)20(23,24)25)14-4-3-5-15(14)13-9-17(21)19(18(22)10-13)28(2,26)27/h3-4,6-10H,5H2,1-2H3. The molecule has 0 spiro atoms. The second-order valence-corrected chi connectivity index (χ2v) is 8.52. The number of hydrogen-bond donors (Lipinski definition) is 0. The van der Waals surface area contributed by atoms with Crippen molar-refractivity contribution in [3.63, 3.8) is 0 Å². The van der Waals surface area contributed by atoms with E-state index in [1.807, 2.05) is 0 Å². The number of aryl methyl sites for hydroxylation is 1. The summed E-state index contributed by atoms with van der Waals surface area (Å²) in [6, 6.07) is 5.50. The number of sulfone groups is 1. The highest BCUT2D eigenvalue weighted by atomic mass is 32.2. The molecular formula is C20H15F5O2S. The summed E-state index contributed by atoms with van der Waals surface area (Å²) in [5.41, 5.74) is 0.916. The zero-order valence-electron chi connectivity index (χ0n) is 14.9. The Morgan fingerprint density at radius 1 is 0.964 bits per heavy atom. The van der Waals surface area contributed by atoms with Crippen molar-refractivity contribution in [2.24, 2.45) is 0 Å². The molecule has 0 aliphatic heterocycles. The number of halogens is 5. The maximum Gasteiger partial charge on any atom is 0.416 e. The highest BCUT2D eigenvalue weighted by Gasteiger charge is 2.32. The van der Waals surface area contributed by atoms with Crippen LogP contribution in [0, 0.1) is 18.6 Å². The van der Waals surface area contributed by atoms with Gasteiger partial charge in [-0.05, 0) is 59.4 Å². The van der Waals surface area contributed by atoms with E-state index >= 15 is 0 Å². The van der Waals surface area contributed by atoms with Gasteiger partial charge < -0.3 is 0 Å². The zero-order chi connectivity index (χ0) is 20.9. The minimum absolute atomic E-state index is 0.0296.